The van der Waals surface area contributed by atoms with E-state index in [1.165, 1.54) is 12.1 Å². The van der Waals surface area contributed by atoms with Gasteiger partial charge in [0.2, 0.25) is 0 Å². The summed E-state index contributed by atoms with van der Waals surface area (Å²) in [5.41, 5.74) is 0.947. The van der Waals surface area contributed by atoms with Crippen LogP contribution in [0.2, 0.25) is 0 Å². The summed E-state index contributed by atoms with van der Waals surface area (Å²) in [4.78, 5) is 0.969. The second-order valence-electron chi connectivity index (χ2n) is 6.31. The highest BCUT2D eigenvalue weighted by molar-refractivity contribution is 9.09. The Hall–Kier alpha value is -1.44. The summed E-state index contributed by atoms with van der Waals surface area (Å²) in [7, 11) is -7.34. The molecule has 0 bridgehead atoms. The Morgan fingerprint density at radius 2 is 1.65 bits per heavy atom. The summed E-state index contributed by atoms with van der Waals surface area (Å²) in [6, 6.07) is 15.0. The van der Waals surface area contributed by atoms with E-state index in [9.17, 15) is 12.6 Å². The van der Waals surface area contributed by atoms with E-state index in [0.717, 1.165) is 18.4 Å². The quantitative estimate of drug-likeness (QED) is 0.584. The summed E-state index contributed by atoms with van der Waals surface area (Å²) in [5.74, 6) is 0.351. The number of alkyl halides is 1. The molecule has 0 heterocycles. The van der Waals surface area contributed by atoms with Gasteiger partial charge in [-0.3, -0.25) is 0 Å². The van der Waals surface area contributed by atoms with Gasteiger partial charge in [-0.25, -0.2) is 4.21 Å². The summed E-state index contributed by atoms with van der Waals surface area (Å²) < 4.78 is 43.6. The molecule has 1 fully saturated rings. The molecule has 0 spiro atoms. The molecule has 1 aliphatic carbocycles. The summed E-state index contributed by atoms with van der Waals surface area (Å²) in [6.45, 7) is 1.88. The highest BCUT2D eigenvalue weighted by Gasteiger charge is 2.27. The number of hydrogen-bond acceptors (Lipinski definition) is 3. The number of benzene rings is 2. The zero-order valence-electron chi connectivity index (χ0n) is 14.3. The van der Waals surface area contributed by atoms with Gasteiger partial charge in [-0.1, -0.05) is 61.7 Å². The lowest BCUT2D eigenvalue weighted by Gasteiger charge is -2.13. The molecular formula is C19H20BrNO3S2. The predicted octanol–water partition coefficient (Wildman–Crippen LogP) is 4.90. The number of allylic oxidation sites excluding steroid dienone is 2. The van der Waals surface area contributed by atoms with Crippen molar-refractivity contribution in [2.45, 2.75) is 29.6 Å². The molecule has 0 saturated heterocycles. The van der Waals surface area contributed by atoms with Crippen molar-refractivity contribution in [3.63, 3.8) is 0 Å². The second-order valence-corrected chi connectivity index (χ2v) is 10.9. The maximum absolute atomic E-state index is 13.9. The highest BCUT2D eigenvalue weighted by atomic mass is 79.9. The first-order valence-electron chi connectivity index (χ1n) is 8.27. The first-order valence-corrected chi connectivity index (χ1v) is 12.3. The fourth-order valence-electron chi connectivity index (χ4n) is 2.48. The largest absolute Gasteiger partial charge is 0.290 e. The Balaban J connectivity index is 2.22. The molecule has 0 N–H and O–H groups in total. The third-order valence-electron chi connectivity index (χ3n) is 4.12. The van der Waals surface area contributed by atoms with E-state index in [1.807, 2.05) is 13.0 Å². The minimum atomic E-state index is -4.07. The van der Waals surface area contributed by atoms with E-state index < -0.39 is 19.8 Å². The van der Waals surface area contributed by atoms with Crippen LogP contribution in [0, 0.1) is 12.8 Å². The summed E-state index contributed by atoms with van der Waals surface area (Å²) in [5, 5.41) is 0.310. The van der Waals surface area contributed by atoms with Crippen LogP contribution in [0.3, 0.4) is 0 Å². The van der Waals surface area contributed by atoms with E-state index in [1.54, 1.807) is 42.5 Å². The van der Waals surface area contributed by atoms with E-state index >= 15 is 0 Å². The van der Waals surface area contributed by atoms with Crippen LogP contribution in [-0.2, 0) is 19.8 Å². The van der Waals surface area contributed by atoms with Crippen LogP contribution in [0.1, 0.15) is 18.4 Å². The van der Waals surface area contributed by atoms with E-state index in [-0.39, 0.29) is 4.90 Å². The first kappa shape index (κ1) is 19.3. The third kappa shape index (κ3) is 4.27. The maximum Gasteiger partial charge on any atom is 0.290 e. The van der Waals surface area contributed by atoms with Crippen LogP contribution in [0.15, 0.2) is 79.1 Å². The highest BCUT2D eigenvalue weighted by Crippen LogP contribution is 2.35. The van der Waals surface area contributed by atoms with E-state index in [2.05, 4.69) is 19.7 Å². The normalized spacial score (nSPS) is 17.5. The Kier molecular flexibility index (Phi) is 5.69. The summed E-state index contributed by atoms with van der Waals surface area (Å²) in [6.07, 6.45) is 3.98. The van der Waals surface area contributed by atoms with Crippen molar-refractivity contribution in [1.29, 1.82) is 0 Å². The molecule has 1 saturated carbocycles. The van der Waals surface area contributed by atoms with Gasteiger partial charge in [0.1, 0.15) is 9.73 Å². The van der Waals surface area contributed by atoms with Gasteiger partial charge in [-0.15, -0.1) is 0 Å². The van der Waals surface area contributed by atoms with Crippen LogP contribution < -0.4 is 0 Å². The van der Waals surface area contributed by atoms with Crippen molar-refractivity contribution in [3.8, 4) is 0 Å². The second kappa shape index (κ2) is 7.66. The van der Waals surface area contributed by atoms with Crippen LogP contribution in [0.5, 0.6) is 0 Å². The third-order valence-corrected chi connectivity index (χ3v) is 9.49. The molecule has 2 aromatic rings. The SMILES string of the molecule is Cc1ccc(S(=O)(=O)N=S(=O)(/C(=C/C2CC2)CBr)c2ccccc2)cc1. The van der Waals surface area contributed by atoms with Crippen molar-refractivity contribution in [3.05, 3.63) is 71.1 Å². The molecule has 138 valence electrons. The van der Waals surface area contributed by atoms with Crippen molar-refractivity contribution in [2.24, 2.45) is 9.69 Å². The van der Waals surface area contributed by atoms with Crippen molar-refractivity contribution in [1.82, 2.24) is 0 Å². The molecule has 1 atom stereocenters. The van der Waals surface area contributed by atoms with Gasteiger partial charge >= 0.3 is 0 Å². The molecule has 7 heteroatoms. The van der Waals surface area contributed by atoms with Crippen LogP contribution >= 0.6 is 15.9 Å². The zero-order chi connectivity index (χ0) is 18.8. The first-order chi connectivity index (χ1) is 12.3. The lowest BCUT2D eigenvalue weighted by atomic mass is 10.2. The molecule has 26 heavy (non-hydrogen) atoms. The molecule has 0 aromatic heterocycles. The number of aryl methyl sites for hydroxylation is 1. The minimum absolute atomic E-state index is 0.0482. The Morgan fingerprint density at radius 3 is 2.19 bits per heavy atom. The molecule has 0 aliphatic heterocycles. The maximum atomic E-state index is 13.9. The fraction of sp³-hybridized carbons (Fsp3) is 0.263. The zero-order valence-corrected chi connectivity index (χ0v) is 17.6. The number of sulfonamides is 1. The molecule has 0 radical (unpaired) electrons. The van der Waals surface area contributed by atoms with Crippen LogP contribution in [-0.4, -0.2) is 18.0 Å². The topological polar surface area (TPSA) is 63.6 Å². The average molecular weight is 454 g/mol. The van der Waals surface area contributed by atoms with Crippen molar-refractivity contribution < 1.29 is 12.6 Å². The van der Waals surface area contributed by atoms with Gasteiger partial charge in [0.15, 0.2) is 0 Å². The lowest BCUT2D eigenvalue weighted by Crippen LogP contribution is -2.10. The van der Waals surface area contributed by atoms with Gasteiger partial charge in [0.25, 0.3) is 10.0 Å². The van der Waals surface area contributed by atoms with Gasteiger partial charge in [0, 0.05) is 10.2 Å². The molecule has 3 rings (SSSR count). The number of hydrogen-bond donors (Lipinski definition) is 0. The lowest BCUT2D eigenvalue weighted by molar-refractivity contribution is 0.598. The van der Waals surface area contributed by atoms with Crippen molar-refractivity contribution in [2.75, 3.05) is 5.33 Å². The van der Waals surface area contributed by atoms with Crippen LogP contribution in [0.25, 0.3) is 0 Å². The smallest absolute Gasteiger partial charge is 0.239 e. The Labute approximate surface area is 163 Å². The van der Waals surface area contributed by atoms with Gasteiger partial charge < -0.3 is 0 Å². The predicted molar refractivity (Wildman–Crippen MR) is 108 cm³/mol. The van der Waals surface area contributed by atoms with Crippen molar-refractivity contribution >= 4 is 35.7 Å². The molecule has 4 nitrogen and oxygen atoms in total. The molecule has 1 aliphatic rings. The fourth-order valence-corrected chi connectivity index (χ4v) is 7.60. The monoisotopic (exact) mass is 453 g/mol. The molecular weight excluding hydrogens is 434 g/mol. The Bertz CT molecular complexity index is 1030. The molecule has 0 amide bonds. The standard InChI is InChI=1S/C19H20BrNO3S2/c1-15-7-11-18(12-8-15)26(23,24)21-25(22,17-5-3-2-4-6-17)19(14-20)13-16-9-10-16/h2-8,11-13,16H,9-10,14H2,1H3/b19-13+. The van der Waals surface area contributed by atoms with Crippen LogP contribution in [0.4, 0.5) is 0 Å². The van der Waals surface area contributed by atoms with Gasteiger partial charge in [0.05, 0.1) is 9.79 Å². The molecule has 1 unspecified atom stereocenters. The van der Waals surface area contributed by atoms with Gasteiger partial charge in [-0.2, -0.15) is 8.42 Å². The van der Waals surface area contributed by atoms with E-state index in [4.69, 9.17) is 0 Å². The molecule has 2 aromatic carbocycles. The minimum Gasteiger partial charge on any atom is -0.239 e. The van der Waals surface area contributed by atoms with E-state index in [0.29, 0.717) is 21.0 Å². The number of rotatable bonds is 6. The van der Waals surface area contributed by atoms with Gasteiger partial charge in [-0.05, 0) is 49.9 Å². The Morgan fingerprint density at radius 1 is 1.04 bits per heavy atom. The number of nitrogens with zero attached hydrogens (tertiary/aromatic N) is 1. The summed E-state index contributed by atoms with van der Waals surface area (Å²) >= 11 is 3.38. The average Bonchev–Trinajstić information content (AvgIpc) is 3.44. The number of halogens is 1.